The number of benzene rings is 2. The average molecular weight is 481 g/mol. The van der Waals surface area contributed by atoms with Crippen LogP contribution in [0.2, 0.25) is 5.02 Å². The molecule has 0 saturated carbocycles. The van der Waals surface area contributed by atoms with E-state index in [4.69, 9.17) is 11.6 Å². The molecule has 11 heteroatoms. The van der Waals surface area contributed by atoms with Crippen molar-refractivity contribution in [2.75, 3.05) is 39.1 Å². The summed E-state index contributed by atoms with van der Waals surface area (Å²) >= 11 is 6.17. The standard InChI is InChI=1S/C21H25ClN4O5S/c1-23(2)32(30,31)18-7-9-20-15(12-18)5-4-10-25(20)21(27)14-24(3)13-16-11-17(26(28)29)6-8-19(16)22/h6-9,11-12H,4-5,10,13-14H2,1-3H3. The van der Waals surface area contributed by atoms with Crippen LogP contribution < -0.4 is 4.90 Å². The number of nitro benzene ring substituents is 1. The predicted molar refractivity (Wildman–Crippen MR) is 122 cm³/mol. The summed E-state index contributed by atoms with van der Waals surface area (Å²) in [5.41, 5.74) is 2.03. The summed E-state index contributed by atoms with van der Waals surface area (Å²) in [5.74, 6) is -0.141. The van der Waals surface area contributed by atoms with E-state index in [1.807, 2.05) is 0 Å². The first kappa shape index (κ1) is 24.1. The van der Waals surface area contributed by atoms with Crippen LogP contribution in [-0.4, -0.2) is 62.7 Å². The number of halogens is 1. The second-order valence-corrected chi connectivity index (χ2v) is 10.5. The Morgan fingerprint density at radius 1 is 1.19 bits per heavy atom. The van der Waals surface area contributed by atoms with E-state index in [2.05, 4.69) is 0 Å². The van der Waals surface area contributed by atoms with Crippen LogP contribution in [0.4, 0.5) is 11.4 Å². The Labute approximate surface area is 192 Å². The van der Waals surface area contributed by atoms with E-state index in [-0.39, 0.29) is 29.6 Å². The first-order valence-electron chi connectivity index (χ1n) is 9.98. The number of amides is 1. The molecular formula is C21H25ClN4O5S. The number of rotatable bonds is 7. The van der Waals surface area contributed by atoms with Gasteiger partial charge in [-0.2, -0.15) is 0 Å². The molecule has 0 fully saturated rings. The Bertz CT molecular complexity index is 1150. The number of fused-ring (bicyclic) bond motifs is 1. The fourth-order valence-electron chi connectivity index (χ4n) is 3.66. The van der Waals surface area contributed by atoms with Crippen LogP contribution in [-0.2, 0) is 27.8 Å². The lowest BCUT2D eigenvalue weighted by Crippen LogP contribution is -2.41. The van der Waals surface area contributed by atoms with Crippen LogP contribution in [0.25, 0.3) is 0 Å². The molecule has 0 N–H and O–H groups in total. The number of nitro groups is 1. The summed E-state index contributed by atoms with van der Waals surface area (Å²) < 4.78 is 26.0. The van der Waals surface area contributed by atoms with E-state index < -0.39 is 14.9 Å². The van der Waals surface area contributed by atoms with Gasteiger partial charge in [-0.1, -0.05) is 11.6 Å². The van der Waals surface area contributed by atoms with Crippen molar-refractivity contribution >= 4 is 38.9 Å². The van der Waals surface area contributed by atoms with Crippen molar-refractivity contribution in [3.8, 4) is 0 Å². The number of hydrogen-bond acceptors (Lipinski definition) is 6. The molecule has 3 rings (SSSR count). The fourth-order valence-corrected chi connectivity index (χ4v) is 4.79. The molecule has 172 valence electrons. The van der Waals surface area contributed by atoms with E-state index in [1.165, 1.54) is 38.4 Å². The number of carbonyl (C=O) groups is 1. The number of anilines is 1. The fraction of sp³-hybridized carbons (Fsp3) is 0.381. The van der Waals surface area contributed by atoms with E-state index in [0.29, 0.717) is 29.2 Å². The molecule has 0 spiro atoms. The molecule has 1 amide bonds. The summed E-state index contributed by atoms with van der Waals surface area (Å²) in [6.07, 6.45) is 1.42. The van der Waals surface area contributed by atoms with Gasteiger partial charge < -0.3 is 4.90 Å². The third kappa shape index (κ3) is 5.09. The first-order chi connectivity index (χ1) is 15.0. The Kier molecular flexibility index (Phi) is 7.19. The van der Waals surface area contributed by atoms with Crippen molar-refractivity contribution in [2.45, 2.75) is 24.3 Å². The Morgan fingerprint density at radius 2 is 1.91 bits per heavy atom. The van der Waals surface area contributed by atoms with E-state index in [0.717, 1.165) is 16.3 Å². The van der Waals surface area contributed by atoms with Gasteiger partial charge in [0.25, 0.3) is 5.69 Å². The van der Waals surface area contributed by atoms with E-state index in [1.54, 1.807) is 29.0 Å². The van der Waals surface area contributed by atoms with Crippen molar-refractivity contribution in [3.63, 3.8) is 0 Å². The third-order valence-corrected chi connectivity index (χ3v) is 7.51. The quantitative estimate of drug-likeness (QED) is 0.445. The monoisotopic (exact) mass is 480 g/mol. The van der Waals surface area contributed by atoms with E-state index in [9.17, 15) is 23.3 Å². The molecule has 0 saturated heterocycles. The van der Waals surface area contributed by atoms with Gasteiger partial charge in [0.05, 0.1) is 16.4 Å². The van der Waals surface area contributed by atoms with Gasteiger partial charge in [-0.3, -0.25) is 19.8 Å². The molecule has 0 aliphatic carbocycles. The second-order valence-electron chi connectivity index (χ2n) is 7.93. The molecule has 32 heavy (non-hydrogen) atoms. The van der Waals surface area contributed by atoms with Crippen LogP contribution in [0.15, 0.2) is 41.3 Å². The van der Waals surface area contributed by atoms with Crippen LogP contribution in [0, 0.1) is 10.1 Å². The summed E-state index contributed by atoms with van der Waals surface area (Å²) in [6.45, 7) is 0.889. The van der Waals surface area contributed by atoms with Gasteiger partial charge in [0.15, 0.2) is 0 Å². The number of carbonyl (C=O) groups excluding carboxylic acids is 1. The summed E-state index contributed by atoms with van der Waals surface area (Å²) in [5, 5.41) is 11.4. The van der Waals surface area contributed by atoms with Gasteiger partial charge in [0.2, 0.25) is 15.9 Å². The van der Waals surface area contributed by atoms with Crippen LogP contribution in [0.3, 0.4) is 0 Å². The maximum atomic E-state index is 13.0. The zero-order valence-corrected chi connectivity index (χ0v) is 19.7. The lowest BCUT2D eigenvalue weighted by molar-refractivity contribution is -0.384. The summed E-state index contributed by atoms with van der Waals surface area (Å²) in [7, 11) is 1.15. The van der Waals surface area contributed by atoms with Gasteiger partial charge in [-0.05, 0) is 55.3 Å². The lowest BCUT2D eigenvalue weighted by Gasteiger charge is -2.31. The van der Waals surface area contributed by atoms with Crippen molar-refractivity contribution in [1.82, 2.24) is 9.21 Å². The maximum Gasteiger partial charge on any atom is 0.269 e. The topological polar surface area (TPSA) is 104 Å². The number of likely N-dealkylation sites (N-methyl/N-ethyl adjacent to an activating group) is 1. The molecule has 9 nitrogen and oxygen atoms in total. The largest absolute Gasteiger partial charge is 0.311 e. The normalized spacial score (nSPS) is 14.0. The zero-order chi connectivity index (χ0) is 23.6. The van der Waals surface area contributed by atoms with Crippen molar-refractivity contribution < 1.29 is 18.1 Å². The summed E-state index contributed by atoms with van der Waals surface area (Å²) in [4.78, 5) is 27.2. The second kappa shape index (κ2) is 9.53. The summed E-state index contributed by atoms with van der Waals surface area (Å²) in [6, 6.07) is 9.06. The Balaban J connectivity index is 1.76. The van der Waals surface area contributed by atoms with Crippen molar-refractivity contribution in [1.29, 1.82) is 0 Å². The third-order valence-electron chi connectivity index (χ3n) is 5.33. The van der Waals surface area contributed by atoms with Gasteiger partial charge in [-0.15, -0.1) is 0 Å². The number of hydrogen-bond donors (Lipinski definition) is 0. The minimum atomic E-state index is -3.55. The Hall–Kier alpha value is -2.53. The predicted octanol–water partition coefficient (Wildman–Crippen LogP) is 2.91. The first-order valence-corrected chi connectivity index (χ1v) is 11.8. The van der Waals surface area contributed by atoms with Crippen LogP contribution in [0.1, 0.15) is 17.5 Å². The molecule has 1 aliphatic rings. The molecule has 0 unspecified atom stereocenters. The highest BCUT2D eigenvalue weighted by Gasteiger charge is 2.26. The number of non-ortho nitro benzene ring substituents is 1. The van der Waals surface area contributed by atoms with Crippen molar-refractivity contribution in [3.05, 3.63) is 62.7 Å². The van der Waals surface area contributed by atoms with Gasteiger partial charge in [0.1, 0.15) is 0 Å². The lowest BCUT2D eigenvalue weighted by atomic mass is 10.0. The zero-order valence-electron chi connectivity index (χ0n) is 18.1. The molecule has 2 aromatic carbocycles. The average Bonchev–Trinajstić information content (AvgIpc) is 2.73. The van der Waals surface area contributed by atoms with Crippen LogP contribution >= 0.6 is 11.6 Å². The smallest absolute Gasteiger partial charge is 0.269 e. The maximum absolute atomic E-state index is 13.0. The Morgan fingerprint density at radius 3 is 2.56 bits per heavy atom. The molecular weight excluding hydrogens is 456 g/mol. The molecule has 0 aromatic heterocycles. The number of aryl methyl sites for hydroxylation is 1. The highest BCUT2D eigenvalue weighted by molar-refractivity contribution is 7.89. The van der Waals surface area contributed by atoms with E-state index >= 15 is 0 Å². The molecule has 2 aromatic rings. The highest BCUT2D eigenvalue weighted by atomic mass is 35.5. The van der Waals surface area contributed by atoms with Gasteiger partial charge in [-0.25, -0.2) is 12.7 Å². The molecule has 1 heterocycles. The number of nitrogens with zero attached hydrogens (tertiary/aromatic N) is 4. The van der Waals surface area contributed by atoms with Crippen molar-refractivity contribution in [2.24, 2.45) is 0 Å². The molecule has 1 aliphatic heterocycles. The minimum Gasteiger partial charge on any atom is -0.311 e. The molecule has 0 radical (unpaired) electrons. The van der Waals surface area contributed by atoms with Crippen LogP contribution in [0.5, 0.6) is 0 Å². The SMILES string of the molecule is CN(CC(=O)N1CCCc2cc(S(=O)(=O)N(C)C)ccc21)Cc1cc([N+](=O)[O-])ccc1Cl. The van der Waals surface area contributed by atoms with Gasteiger partial charge in [0, 0.05) is 50.0 Å². The minimum absolute atomic E-state index is 0.0578. The number of sulfonamides is 1. The van der Waals surface area contributed by atoms with Gasteiger partial charge >= 0.3 is 0 Å². The molecule has 0 bridgehead atoms. The highest BCUT2D eigenvalue weighted by Crippen LogP contribution is 2.30. The molecule has 0 atom stereocenters.